The summed E-state index contributed by atoms with van der Waals surface area (Å²) in [6.45, 7) is 0.472. The van der Waals surface area contributed by atoms with Crippen LogP contribution in [-0.2, 0) is 6.54 Å². The number of fused-ring (bicyclic) bond motifs is 1. The third-order valence-corrected chi connectivity index (χ3v) is 4.73. The molecular weight excluding hydrogens is 304 g/mol. The summed E-state index contributed by atoms with van der Waals surface area (Å²) in [7, 11) is 0. The number of hydrogen-bond acceptors (Lipinski definition) is 3. The summed E-state index contributed by atoms with van der Waals surface area (Å²) >= 11 is 1.62. The highest BCUT2D eigenvalue weighted by Gasteiger charge is 2.07. The predicted octanol–water partition coefficient (Wildman–Crippen LogP) is 4.17. The molecule has 2 aromatic carbocycles. The molecule has 4 aromatic rings. The molecule has 2 heterocycles. The van der Waals surface area contributed by atoms with Gasteiger partial charge in [-0.1, -0.05) is 48.5 Å². The molecule has 0 aliphatic rings. The largest absolute Gasteiger partial charge is 0.268 e. The first-order chi connectivity index (χ1) is 11.3. The van der Waals surface area contributed by atoms with Crippen LogP contribution < -0.4 is 5.56 Å². The molecule has 0 atom stereocenters. The second kappa shape index (κ2) is 5.82. The van der Waals surface area contributed by atoms with Gasteiger partial charge in [-0.25, -0.2) is 4.68 Å². The molecule has 0 aliphatic carbocycles. The predicted molar refractivity (Wildman–Crippen MR) is 94.9 cm³/mol. The molecular formula is C19H14N2OS. The Balaban J connectivity index is 1.79. The summed E-state index contributed by atoms with van der Waals surface area (Å²) in [5.74, 6) is 0. The minimum Gasteiger partial charge on any atom is -0.268 e. The van der Waals surface area contributed by atoms with Gasteiger partial charge < -0.3 is 0 Å². The smallest absolute Gasteiger partial charge is 0.267 e. The van der Waals surface area contributed by atoms with E-state index in [0.717, 1.165) is 21.5 Å². The summed E-state index contributed by atoms with van der Waals surface area (Å²) in [4.78, 5) is 13.3. The van der Waals surface area contributed by atoms with Gasteiger partial charge in [-0.15, -0.1) is 11.3 Å². The molecule has 3 nitrogen and oxygen atoms in total. The summed E-state index contributed by atoms with van der Waals surface area (Å²) in [6, 6.07) is 21.7. The van der Waals surface area contributed by atoms with Gasteiger partial charge >= 0.3 is 0 Å². The van der Waals surface area contributed by atoms with Crippen molar-refractivity contribution in [1.29, 1.82) is 0 Å². The molecule has 112 valence electrons. The Morgan fingerprint density at radius 1 is 0.913 bits per heavy atom. The fraction of sp³-hybridized carbons (Fsp3) is 0.0526. The zero-order chi connectivity index (χ0) is 15.6. The van der Waals surface area contributed by atoms with E-state index in [1.165, 1.54) is 10.1 Å². The van der Waals surface area contributed by atoms with Crippen LogP contribution in [0, 0.1) is 0 Å². The van der Waals surface area contributed by atoms with Crippen LogP contribution in [0.3, 0.4) is 0 Å². The van der Waals surface area contributed by atoms with Crippen LogP contribution in [0.15, 0.2) is 76.9 Å². The van der Waals surface area contributed by atoms with E-state index >= 15 is 0 Å². The first kappa shape index (κ1) is 13.9. The van der Waals surface area contributed by atoms with Crippen molar-refractivity contribution in [3.8, 4) is 10.6 Å². The van der Waals surface area contributed by atoms with E-state index < -0.39 is 0 Å². The molecule has 0 amide bonds. The van der Waals surface area contributed by atoms with Crippen molar-refractivity contribution in [1.82, 2.24) is 9.78 Å². The van der Waals surface area contributed by atoms with Gasteiger partial charge in [0, 0.05) is 6.07 Å². The van der Waals surface area contributed by atoms with Crippen LogP contribution in [0.1, 0.15) is 5.56 Å². The van der Waals surface area contributed by atoms with Crippen molar-refractivity contribution < 1.29 is 0 Å². The average molecular weight is 318 g/mol. The van der Waals surface area contributed by atoms with Crippen molar-refractivity contribution in [3.63, 3.8) is 0 Å². The summed E-state index contributed by atoms with van der Waals surface area (Å²) in [5.41, 5.74) is 1.85. The number of hydrogen-bond donors (Lipinski definition) is 0. The molecule has 0 saturated heterocycles. The first-order valence-electron chi connectivity index (χ1n) is 7.40. The molecule has 0 spiro atoms. The quantitative estimate of drug-likeness (QED) is 0.568. The van der Waals surface area contributed by atoms with Crippen molar-refractivity contribution >= 4 is 22.1 Å². The Labute approximate surface area is 137 Å². The Hall–Kier alpha value is -2.72. The monoisotopic (exact) mass is 318 g/mol. The minimum absolute atomic E-state index is 0.0850. The molecule has 0 radical (unpaired) electrons. The minimum atomic E-state index is -0.0850. The summed E-state index contributed by atoms with van der Waals surface area (Å²) in [6.07, 6.45) is 0. The fourth-order valence-electron chi connectivity index (χ4n) is 2.71. The lowest BCUT2D eigenvalue weighted by atomic mass is 10.0. The van der Waals surface area contributed by atoms with Crippen molar-refractivity contribution in [2.24, 2.45) is 0 Å². The van der Waals surface area contributed by atoms with Crippen LogP contribution in [-0.4, -0.2) is 9.78 Å². The van der Waals surface area contributed by atoms with Gasteiger partial charge in [-0.05, 0) is 33.8 Å². The molecule has 2 aromatic heterocycles. The lowest BCUT2D eigenvalue weighted by Gasteiger charge is -2.09. The zero-order valence-corrected chi connectivity index (χ0v) is 13.2. The first-order valence-corrected chi connectivity index (χ1v) is 8.28. The van der Waals surface area contributed by atoms with Gasteiger partial charge in [0.1, 0.15) is 5.69 Å². The molecule has 4 heteroatoms. The standard InChI is InChI=1S/C19H14N2OS/c22-19-11-10-17(18-9-4-12-23-18)20-21(19)13-15-7-3-6-14-5-1-2-8-16(14)15/h1-12H,13H2. The van der Waals surface area contributed by atoms with Crippen molar-refractivity contribution in [2.45, 2.75) is 6.54 Å². The molecule has 4 rings (SSSR count). The van der Waals surface area contributed by atoms with Gasteiger partial charge in [0.25, 0.3) is 5.56 Å². The SMILES string of the molecule is O=c1ccc(-c2cccs2)nn1Cc1cccc2ccccc12. The van der Waals surface area contributed by atoms with E-state index in [4.69, 9.17) is 0 Å². The van der Waals surface area contributed by atoms with E-state index in [9.17, 15) is 4.79 Å². The summed E-state index contributed by atoms with van der Waals surface area (Å²) in [5, 5.41) is 8.87. The van der Waals surface area contributed by atoms with Crippen molar-refractivity contribution in [3.05, 3.63) is 88.0 Å². The highest BCUT2D eigenvalue weighted by atomic mass is 32.1. The van der Waals surface area contributed by atoms with Gasteiger partial charge in [-0.2, -0.15) is 5.10 Å². The van der Waals surface area contributed by atoms with Gasteiger partial charge in [0.2, 0.25) is 0 Å². The van der Waals surface area contributed by atoms with E-state index in [1.54, 1.807) is 23.5 Å². The van der Waals surface area contributed by atoms with Crippen LogP contribution in [0.2, 0.25) is 0 Å². The van der Waals surface area contributed by atoms with E-state index in [0.29, 0.717) is 6.54 Å². The number of nitrogens with zero attached hydrogens (tertiary/aromatic N) is 2. The van der Waals surface area contributed by atoms with E-state index in [1.807, 2.05) is 41.8 Å². The maximum atomic E-state index is 12.2. The maximum absolute atomic E-state index is 12.2. The maximum Gasteiger partial charge on any atom is 0.267 e. The van der Waals surface area contributed by atoms with Crippen molar-refractivity contribution in [2.75, 3.05) is 0 Å². The normalized spacial score (nSPS) is 11.0. The van der Waals surface area contributed by atoms with Gasteiger partial charge in [-0.3, -0.25) is 4.79 Å². The number of rotatable bonds is 3. The highest BCUT2D eigenvalue weighted by Crippen LogP contribution is 2.22. The third kappa shape index (κ3) is 2.69. The van der Waals surface area contributed by atoms with E-state index in [-0.39, 0.29) is 5.56 Å². The lowest BCUT2D eigenvalue weighted by molar-refractivity contribution is 0.646. The highest BCUT2D eigenvalue weighted by molar-refractivity contribution is 7.13. The second-order valence-corrected chi connectivity index (χ2v) is 6.28. The number of benzene rings is 2. The Morgan fingerprint density at radius 3 is 2.65 bits per heavy atom. The van der Waals surface area contributed by atoms with Gasteiger partial charge in [0.15, 0.2) is 0 Å². The van der Waals surface area contributed by atoms with E-state index in [2.05, 4.69) is 23.3 Å². The Kier molecular flexibility index (Phi) is 3.52. The van der Waals surface area contributed by atoms with Crippen LogP contribution in [0.25, 0.3) is 21.3 Å². The number of thiophene rings is 1. The third-order valence-electron chi connectivity index (χ3n) is 3.84. The topological polar surface area (TPSA) is 34.9 Å². The molecule has 23 heavy (non-hydrogen) atoms. The summed E-state index contributed by atoms with van der Waals surface area (Å²) < 4.78 is 1.54. The molecule has 0 bridgehead atoms. The fourth-order valence-corrected chi connectivity index (χ4v) is 3.40. The zero-order valence-electron chi connectivity index (χ0n) is 12.3. The van der Waals surface area contributed by atoms with Gasteiger partial charge in [0.05, 0.1) is 11.4 Å². The number of aromatic nitrogens is 2. The van der Waals surface area contributed by atoms with Crippen LogP contribution in [0.4, 0.5) is 0 Å². The average Bonchev–Trinajstić information content (AvgIpc) is 3.12. The second-order valence-electron chi connectivity index (χ2n) is 5.33. The molecule has 0 saturated carbocycles. The Morgan fingerprint density at radius 2 is 1.78 bits per heavy atom. The Bertz CT molecular complexity index is 1010. The molecule has 0 aliphatic heterocycles. The van der Waals surface area contributed by atoms with Crippen LogP contribution in [0.5, 0.6) is 0 Å². The lowest BCUT2D eigenvalue weighted by Crippen LogP contribution is -2.22. The van der Waals surface area contributed by atoms with Crippen LogP contribution >= 0.6 is 11.3 Å². The molecule has 0 N–H and O–H groups in total. The molecule has 0 unspecified atom stereocenters. The molecule has 0 fully saturated rings.